The summed E-state index contributed by atoms with van der Waals surface area (Å²) in [6.45, 7) is 1.61. The van der Waals surface area contributed by atoms with Gasteiger partial charge in [-0.05, 0) is 29.7 Å². The second kappa shape index (κ2) is 8.30. The van der Waals surface area contributed by atoms with Gasteiger partial charge in [0.2, 0.25) is 10.9 Å². The smallest absolute Gasteiger partial charge is 0.404 e. The van der Waals surface area contributed by atoms with Gasteiger partial charge in [0.1, 0.15) is 12.3 Å². The molecule has 0 aliphatic heterocycles. The van der Waals surface area contributed by atoms with Gasteiger partial charge in [-0.25, -0.2) is 13.2 Å². The van der Waals surface area contributed by atoms with Crippen LogP contribution in [0.3, 0.4) is 0 Å². The average Bonchev–Trinajstić information content (AvgIpc) is 2.58. The van der Waals surface area contributed by atoms with Crippen LogP contribution < -0.4 is 10.0 Å². The summed E-state index contributed by atoms with van der Waals surface area (Å²) >= 11 is 0. The molecule has 26 heavy (non-hydrogen) atoms. The van der Waals surface area contributed by atoms with Crippen molar-refractivity contribution < 1.29 is 22.9 Å². The highest BCUT2D eigenvalue weighted by atomic mass is 32.2. The summed E-state index contributed by atoms with van der Waals surface area (Å²) in [7, 11) is -3.09. The normalized spacial score (nSPS) is 10.5. The van der Waals surface area contributed by atoms with Crippen molar-refractivity contribution in [3.05, 3.63) is 69.3 Å². The fourth-order valence-corrected chi connectivity index (χ4v) is 2.92. The van der Waals surface area contributed by atoms with Crippen molar-refractivity contribution in [1.29, 1.82) is 0 Å². The number of primary amides is 1. The third-order valence-corrected chi connectivity index (χ3v) is 4.29. The maximum absolute atomic E-state index is 11.7. The molecule has 9 nitrogen and oxygen atoms in total. The minimum Gasteiger partial charge on any atom is -0.445 e. The number of hydrogen-bond acceptors (Lipinski definition) is 6. The molecule has 2 N–H and O–H groups in total. The van der Waals surface area contributed by atoms with Crippen LogP contribution in [0.1, 0.15) is 16.7 Å². The molecule has 2 rings (SSSR count). The number of nitro groups is 1. The standard InChI is InChI=1S/C16H17N3O6S/c1-11-2-7-14(15(8-11)19(21)22)18(26(23)24)9-12-3-5-13(6-4-12)10-25-16(17)20/h2-8,26H,9-10H2,1H3,(H2,17,20). The van der Waals surface area contributed by atoms with Crippen molar-refractivity contribution in [3.63, 3.8) is 0 Å². The summed E-state index contributed by atoms with van der Waals surface area (Å²) in [4.78, 5) is 21.2. The fourth-order valence-electron chi connectivity index (χ4n) is 2.30. The molecule has 1 amide bonds. The molecule has 0 bridgehead atoms. The Balaban J connectivity index is 2.27. The Morgan fingerprint density at radius 1 is 1.19 bits per heavy atom. The molecule has 0 unspecified atom stereocenters. The minimum absolute atomic E-state index is 0.00141. The zero-order valence-corrected chi connectivity index (χ0v) is 14.7. The van der Waals surface area contributed by atoms with E-state index in [0.29, 0.717) is 16.7 Å². The first kappa shape index (κ1) is 19.2. The van der Waals surface area contributed by atoms with E-state index in [0.717, 1.165) is 4.31 Å². The Kier molecular flexibility index (Phi) is 6.12. The van der Waals surface area contributed by atoms with E-state index in [1.807, 2.05) is 0 Å². The van der Waals surface area contributed by atoms with Crippen LogP contribution in [0.25, 0.3) is 0 Å². The van der Waals surface area contributed by atoms with Gasteiger partial charge in [0, 0.05) is 6.07 Å². The maximum Gasteiger partial charge on any atom is 0.404 e. The molecular formula is C16H17N3O6S. The molecule has 0 aliphatic carbocycles. The Labute approximate surface area is 151 Å². The lowest BCUT2D eigenvalue weighted by Crippen LogP contribution is -2.21. The molecule has 0 heterocycles. The van der Waals surface area contributed by atoms with Gasteiger partial charge in [-0.3, -0.25) is 14.4 Å². The van der Waals surface area contributed by atoms with E-state index in [9.17, 15) is 23.3 Å². The van der Waals surface area contributed by atoms with Gasteiger partial charge < -0.3 is 10.5 Å². The number of carbonyl (C=O) groups is 1. The van der Waals surface area contributed by atoms with Gasteiger partial charge in [0.15, 0.2) is 0 Å². The van der Waals surface area contributed by atoms with Crippen LogP contribution in [0.5, 0.6) is 0 Å². The van der Waals surface area contributed by atoms with Crippen LogP contribution in [0.4, 0.5) is 16.2 Å². The number of ether oxygens (including phenoxy) is 1. The summed E-state index contributed by atoms with van der Waals surface area (Å²) in [6, 6.07) is 10.9. The zero-order chi connectivity index (χ0) is 19.3. The van der Waals surface area contributed by atoms with Crippen molar-refractivity contribution in [2.75, 3.05) is 4.31 Å². The van der Waals surface area contributed by atoms with E-state index in [2.05, 4.69) is 4.74 Å². The first-order valence-electron chi connectivity index (χ1n) is 7.45. The van der Waals surface area contributed by atoms with Crippen LogP contribution in [0.15, 0.2) is 42.5 Å². The third-order valence-electron chi connectivity index (χ3n) is 3.54. The summed E-state index contributed by atoms with van der Waals surface area (Å²) < 4.78 is 29.0. The molecule has 10 heteroatoms. The molecule has 138 valence electrons. The first-order chi connectivity index (χ1) is 12.3. The number of nitrogens with two attached hydrogens (primary N) is 1. The van der Waals surface area contributed by atoms with Crippen molar-refractivity contribution in [3.8, 4) is 0 Å². The lowest BCUT2D eigenvalue weighted by molar-refractivity contribution is -0.384. The van der Waals surface area contributed by atoms with E-state index in [1.165, 1.54) is 12.1 Å². The molecular weight excluding hydrogens is 362 g/mol. The number of benzene rings is 2. The van der Waals surface area contributed by atoms with Gasteiger partial charge in [-0.1, -0.05) is 30.3 Å². The molecule has 0 spiro atoms. The third kappa shape index (κ3) is 4.93. The molecule has 2 aromatic carbocycles. The molecule has 0 saturated heterocycles. The molecule has 2 aromatic rings. The second-order valence-corrected chi connectivity index (χ2v) is 6.43. The summed E-state index contributed by atoms with van der Waals surface area (Å²) in [5, 5.41) is 11.3. The number of hydrogen-bond donors (Lipinski definition) is 2. The average molecular weight is 379 g/mol. The number of thiol groups is 1. The molecule has 0 aliphatic rings. The van der Waals surface area contributed by atoms with Crippen LogP contribution in [0, 0.1) is 17.0 Å². The van der Waals surface area contributed by atoms with Crippen LogP contribution in [-0.4, -0.2) is 19.4 Å². The van der Waals surface area contributed by atoms with Crippen molar-refractivity contribution in [1.82, 2.24) is 0 Å². The van der Waals surface area contributed by atoms with Crippen LogP contribution in [-0.2, 0) is 28.8 Å². The van der Waals surface area contributed by atoms with Crippen molar-refractivity contribution in [2.24, 2.45) is 5.73 Å². The monoisotopic (exact) mass is 379 g/mol. The largest absolute Gasteiger partial charge is 0.445 e. The van der Waals surface area contributed by atoms with Gasteiger partial charge in [-0.2, -0.15) is 0 Å². The van der Waals surface area contributed by atoms with Crippen LogP contribution >= 0.6 is 0 Å². The van der Waals surface area contributed by atoms with Gasteiger partial charge >= 0.3 is 6.09 Å². The summed E-state index contributed by atoms with van der Waals surface area (Å²) in [5.74, 6) is 0. The first-order valence-corrected chi connectivity index (χ1v) is 8.58. The van der Waals surface area contributed by atoms with E-state index < -0.39 is 21.9 Å². The van der Waals surface area contributed by atoms with E-state index in [-0.39, 0.29) is 24.5 Å². The van der Waals surface area contributed by atoms with Gasteiger partial charge in [0.05, 0.1) is 11.5 Å². The Hall–Kier alpha value is -3.14. The highest BCUT2D eigenvalue weighted by molar-refractivity contribution is 7.74. The highest BCUT2D eigenvalue weighted by Crippen LogP contribution is 2.30. The molecule has 0 atom stereocenters. The number of amides is 1. The van der Waals surface area contributed by atoms with E-state index in [4.69, 9.17) is 5.73 Å². The number of aryl methyl sites for hydroxylation is 1. The van der Waals surface area contributed by atoms with Crippen LogP contribution in [0.2, 0.25) is 0 Å². The number of rotatable bonds is 7. The fraction of sp³-hybridized carbons (Fsp3) is 0.188. The Morgan fingerprint density at radius 3 is 2.35 bits per heavy atom. The zero-order valence-electron chi connectivity index (χ0n) is 13.8. The topological polar surface area (TPSA) is 133 Å². The predicted molar refractivity (Wildman–Crippen MR) is 95.1 cm³/mol. The molecule has 0 fully saturated rings. The van der Waals surface area contributed by atoms with Crippen molar-refractivity contribution >= 4 is 28.4 Å². The number of nitro benzene ring substituents is 1. The Bertz CT molecular complexity index is 887. The summed E-state index contributed by atoms with van der Waals surface area (Å²) in [5.41, 5.74) is 6.55. The van der Waals surface area contributed by atoms with E-state index in [1.54, 1.807) is 37.3 Å². The number of anilines is 1. The minimum atomic E-state index is -3.09. The summed E-state index contributed by atoms with van der Waals surface area (Å²) in [6.07, 6.45) is -0.893. The van der Waals surface area contributed by atoms with Crippen molar-refractivity contribution in [2.45, 2.75) is 20.1 Å². The lowest BCUT2D eigenvalue weighted by Gasteiger charge is -2.18. The second-order valence-electron chi connectivity index (χ2n) is 5.47. The molecule has 0 radical (unpaired) electrons. The Morgan fingerprint density at radius 2 is 1.81 bits per heavy atom. The highest BCUT2D eigenvalue weighted by Gasteiger charge is 2.21. The SMILES string of the molecule is Cc1ccc(N(Cc2ccc(COC(N)=O)cc2)[SH](=O)=O)c([N+](=O)[O-])c1. The van der Waals surface area contributed by atoms with Gasteiger partial charge in [0.25, 0.3) is 5.69 Å². The maximum atomic E-state index is 11.7. The number of nitrogens with zero attached hydrogens (tertiary/aromatic N) is 2. The quantitative estimate of drug-likeness (QED) is 0.430. The predicted octanol–water partition coefficient (Wildman–Crippen LogP) is 2.03. The lowest BCUT2D eigenvalue weighted by atomic mass is 10.1. The van der Waals surface area contributed by atoms with Gasteiger partial charge in [-0.15, -0.1) is 0 Å². The van der Waals surface area contributed by atoms with E-state index >= 15 is 0 Å². The molecule has 0 saturated carbocycles. The molecule has 0 aromatic heterocycles. The number of carbonyl (C=O) groups excluding carboxylic acids is 1.